The monoisotopic (exact) mass is 374 g/mol. The number of benzene rings is 1. The number of para-hydroxylation sites is 1. The molecule has 7 nitrogen and oxygen atoms in total. The topological polar surface area (TPSA) is 85.7 Å². The van der Waals surface area contributed by atoms with Crippen molar-refractivity contribution in [1.29, 1.82) is 0 Å². The number of sulfone groups is 1. The summed E-state index contributed by atoms with van der Waals surface area (Å²) in [6.07, 6.45) is 3.17. The molecule has 1 aromatic carbocycles. The van der Waals surface area contributed by atoms with Crippen LogP contribution in [0.1, 0.15) is 10.5 Å². The lowest BCUT2D eigenvalue weighted by Gasteiger charge is -2.27. The van der Waals surface area contributed by atoms with Crippen molar-refractivity contribution in [3.8, 4) is 0 Å². The molecule has 136 valence electrons. The lowest BCUT2D eigenvalue weighted by molar-refractivity contribution is -0.121. The Kier molecular flexibility index (Phi) is 4.94. The van der Waals surface area contributed by atoms with Crippen molar-refractivity contribution in [2.24, 2.45) is 7.05 Å². The molecule has 0 N–H and O–H groups in total. The summed E-state index contributed by atoms with van der Waals surface area (Å²) in [6, 6.07) is 11.4. The molecule has 3 rings (SSSR count). The highest BCUT2D eigenvalue weighted by Gasteiger charge is 2.31. The molecular weight excluding hydrogens is 356 g/mol. The number of esters is 1. The zero-order valence-corrected chi connectivity index (χ0v) is 14.9. The van der Waals surface area contributed by atoms with Crippen LogP contribution < -0.4 is 4.90 Å². The highest BCUT2D eigenvalue weighted by Crippen LogP contribution is 2.22. The van der Waals surface area contributed by atoms with Gasteiger partial charge in [-0.3, -0.25) is 4.79 Å². The Bertz CT molecular complexity index is 947. The number of ether oxygens (including phenoxy) is 1. The summed E-state index contributed by atoms with van der Waals surface area (Å²) in [5, 5.41) is 1.11. The van der Waals surface area contributed by atoms with E-state index < -0.39 is 34.4 Å². The molecule has 0 aliphatic carbocycles. The fourth-order valence-electron chi connectivity index (χ4n) is 2.77. The van der Waals surface area contributed by atoms with E-state index in [1.165, 1.54) is 11.0 Å². The van der Waals surface area contributed by atoms with Crippen LogP contribution in [0, 0.1) is 0 Å². The van der Waals surface area contributed by atoms with Gasteiger partial charge < -0.3 is 14.2 Å². The second-order valence-corrected chi connectivity index (χ2v) is 7.84. The van der Waals surface area contributed by atoms with E-state index in [2.05, 4.69) is 0 Å². The number of rotatable bonds is 5. The average molecular weight is 374 g/mol. The molecule has 0 fully saturated rings. The Morgan fingerprint density at radius 3 is 2.50 bits per heavy atom. The standard InChI is InChI=1S/C18H18N2O5S/c1-19-10-5-8-16(19)18(22)25-12-17(21)20(14-6-3-2-4-7-14)15-9-11-26(23,24)13-15/h2-11,15H,12-13H2,1H3/t15-/m0/s1. The number of aromatic nitrogens is 1. The predicted octanol–water partition coefficient (Wildman–Crippen LogP) is 1.53. The van der Waals surface area contributed by atoms with Crippen LogP contribution in [-0.2, 0) is 26.4 Å². The van der Waals surface area contributed by atoms with Crippen LogP contribution in [0.4, 0.5) is 5.69 Å². The molecule has 0 radical (unpaired) electrons. The molecule has 0 bridgehead atoms. The van der Waals surface area contributed by atoms with E-state index in [9.17, 15) is 18.0 Å². The van der Waals surface area contributed by atoms with Crippen LogP contribution in [0.5, 0.6) is 0 Å². The third kappa shape index (κ3) is 3.85. The summed E-state index contributed by atoms with van der Waals surface area (Å²) in [5.74, 6) is -1.31. The minimum Gasteiger partial charge on any atom is -0.451 e. The van der Waals surface area contributed by atoms with E-state index in [1.54, 1.807) is 60.3 Å². The van der Waals surface area contributed by atoms with Gasteiger partial charge in [-0.15, -0.1) is 0 Å². The Morgan fingerprint density at radius 1 is 1.19 bits per heavy atom. The van der Waals surface area contributed by atoms with E-state index in [4.69, 9.17) is 4.74 Å². The molecule has 2 aromatic rings. The summed E-state index contributed by atoms with van der Waals surface area (Å²) in [7, 11) is -1.64. The molecule has 1 amide bonds. The maximum absolute atomic E-state index is 12.7. The summed E-state index contributed by atoms with van der Waals surface area (Å²) >= 11 is 0. The zero-order valence-electron chi connectivity index (χ0n) is 14.1. The van der Waals surface area contributed by atoms with Gasteiger partial charge >= 0.3 is 5.97 Å². The Morgan fingerprint density at radius 2 is 1.92 bits per heavy atom. The van der Waals surface area contributed by atoms with E-state index >= 15 is 0 Å². The van der Waals surface area contributed by atoms with E-state index in [0.29, 0.717) is 11.4 Å². The fourth-order valence-corrected chi connectivity index (χ4v) is 4.04. The Labute approximate surface area is 151 Å². The van der Waals surface area contributed by atoms with Crippen LogP contribution in [0.15, 0.2) is 60.1 Å². The lowest BCUT2D eigenvalue weighted by Crippen LogP contribution is -2.43. The number of anilines is 1. The second kappa shape index (κ2) is 7.17. The molecule has 0 saturated carbocycles. The third-order valence-electron chi connectivity index (χ3n) is 4.03. The molecule has 1 aromatic heterocycles. The van der Waals surface area contributed by atoms with Crippen molar-refractivity contribution in [2.45, 2.75) is 6.04 Å². The first-order chi connectivity index (χ1) is 12.4. The number of hydrogen-bond donors (Lipinski definition) is 0. The molecular formula is C18H18N2O5S. The fraction of sp³-hybridized carbons (Fsp3) is 0.222. The molecule has 0 saturated heterocycles. The van der Waals surface area contributed by atoms with Crippen molar-refractivity contribution in [3.63, 3.8) is 0 Å². The maximum Gasteiger partial charge on any atom is 0.355 e. The quantitative estimate of drug-likeness (QED) is 0.741. The van der Waals surface area contributed by atoms with Gasteiger partial charge in [-0.2, -0.15) is 0 Å². The highest BCUT2D eigenvalue weighted by molar-refractivity contribution is 7.94. The molecule has 2 heterocycles. The molecule has 1 atom stereocenters. The number of nitrogens with zero attached hydrogens (tertiary/aromatic N) is 2. The molecule has 0 unspecified atom stereocenters. The van der Waals surface area contributed by atoms with E-state index in [0.717, 1.165) is 5.41 Å². The van der Waals surface area contributed by atoms with Crippen LogP contribution >= 0.6 is 0 Å². The number of amides is 1. The largest absolute Gasteiger partial charge is 0.451 e. The number of aryl methyl sites for hydroxylation is 1. The molecule has 0 spiro atoms. The van der Waals surface area contributed by atoms with Gasteiger partial charge in [0.05, 0.1) is 11.8 Å². The van der Waals surface area contributed by atoms with Crippen LogP contribution in [0.25, 0.3) is 0 Å². The van der Waals surface area contributed by atoms with Crippen LogP contribution in [-0.4, -0.2) is 43.3 Å². The van der Waals surface area contributed by atoms with Gasteiger partial charge in [0.2, 0.25) is 0 Å². The average Bonchev–Trinajstić information content (AvgIpc) is 3.19. The Hall–Kier alpha value is -2.87. The minimum absolute atomic E-state index is 0.195. The van der Waals surface area contributed by atoms with Gasteiger partial charge in [-0.25, -0.2) is 13.2 Å². The molecule has 1 aliphatic heterocycles. The number of carbonyl (C=O) groups is 2. The first kappa shape index (κ1) is 17.9. The van der Waals surface area contributed by atoms with E-state index in [1.807, 2.05) is 0 Å². The first-order valence-corrected chi connectivity index (χ1v) is 9.65. The molecule has 8 heteroatoms. The van der Waals surface area contributed by atoms with Gasteiger partial charge in [0.15, 0.2) is 16.4 Å². The van der Waals surface area contributed by atoms with Crippen LogP contribution in [0.3, 0.4) is 0 Å². The molecule has 26 heavy (non-hydrogen) atoms. The normalized spacial score (nSPS) is 17.8. The summed E-state index contributed by atoms with van der Waals surface area (Å²) in [5.41, 5.74) is 0.867. The van der Waals surface area contributed by atoms with Gasteiger partial charge in [0, 0.05) is 24.3 Å². The first-order valence-electron chi connectivity index (χ1n) is 7.94. The maximum atomic E-state index is 12.7. The third-order valence-corrected chi connectivity index (χ3v) is 5.40. The smallest absolute Gasteiger partial charge is 0.355 e. The van der Waals surface area contributed by atoms with Crippen molar-refractivity contribution >= 4 is 27.4 Å². The van der Waals surface area contributed by atoms with Gasteiger partial charge in [-0.1, -0.05) is 18.2 Å². The predicted molar refractivity (Wildman–Crippen MR) is 96.3 cm³/mol. The summed E-state index contributed by atoms with van der Waals surface area (Å²) < 4.78 is 30.2. The van der Waals surface area contributed by atoms with Gasteiger partial charge in [0.25, 0.3) is 5.91 Å². The number of carbonyl (C=O) groups excluding carboxylic acids is 2. The van der Waals surface area contributed by atoms with Crippen molar-refractivity contribution in [2.75, 3.05) is 17.3 Å². The number of hydrogen-bond acceptors (Lipinski definition) is 5. The van der Waals surface area contributed by atoms with E-state index in [-0.39, 0.29) is 5.75 Å². The van der Waals surface area contributed by atoms with Gasteiger partial charge in [0.1, 0.15) is 5.69 Å². The van der Waals surface area contributed by atoms with Crippen LogP contribution in [0.2, 0.25) is 0 Å². The Balaban J connectivity index is 1.77. The van der Waals surface area contributed by atoms with Crippen molar-refractivity contribution < 1.29 is 22.7 Å². The molecule has 1 aliphatic rings. The van der Waals surface area contributed by atoms with Gasteiger partial charge in [-0.05, 0) is 30.3 Å². The lowest BCUT2D eigenvalue weighted by atomic mass is 10.2. The summed E-state index contributed by atoms with van der Waals surface area (Å²) in [4.78, 5) is 26.2. The van der Waals surface area contributed by atoms with Crippen molar-refractivity contribution in [1.82, 2.24) is 4.57 Å². The highest BCUT2D eigenvalue weighted by atomic mass is 32.2. The zero-order chi connectivity index (χ0) is 18.7. The van der Waals surface area contributed by atoms with Crippen molar-refractivity contribution in [3.05, 3.63) is 65.8 Å². The SMILES string of the molecule is Cn1cccc1C(=O)OCC(=O)N(c1ccccc1)[C@H]1C=CS(=O)(=O)C1. The second-order valence-electron chi connectivity index (χ2n) is 5.91. The summed E-state index contributed by atoms with van der Waals surface area (Å²) in [6.45, 7) is -0.483. The minimum atomic E-state index is -3.34.